The second-order valence-electron chi connectivity index (χ2n) is 6.14. The number of hydrogen-bond acceptors (Lipinski definition) is 5. The standard InChI is InChI=1S/C21H20N4OS/c1-2-9-17-22-18(26-25-17)14-27-21-23-19(15-10-5-3-6-11-15)20(24-21)16-12-7-4-8-13-16/h3-8,10-13H,2,9,14H2,1H3,(H,23,24). The number of benzene rings is 2. The minimum Gasteiger partial charge on any atom is -0.338 e. The van der Waals surface area contributed by atoms with E-state index in [-0.39, 0.29) is 0 Å². The lowest BCUT2D eigenvalue weighted by Crippen LogP contribution is -1.87. The molecule has 5 nitrogen and oxygen atoms in total. The van der Waals surface area contributed by atoms with E-state index in [2.05, 4.69) is 46.3 Å². The normalized spacial score (nSPS) is 11.0. The number of nitrogens with one attached hydrogen (secondary N) is 1. The summed E-state index contributed by atoms with van der Waals surface area (Å²) < 4.78 is 5.32. The van der Waals surface area contributed by atoms with Gasteiger partial charge in [-0.1, -0.05) is 84.5 Å². The second-order valence-corrected chi connectivity index (χ2v) is 7.10. The van der Waals surface area contributed by atoms with E-state index >= 15 is 0 Å². The van der Waals surface area contributed by atoms with Crippen LogP contribution in [0.2, 0.25) is 0 Å². The van der Waals surface area contributed by atoms with Crippen LogP contribution in [-0.4, -0.2) is 20.1 Å². The largest absolute Gasteiger partial charge is 0.338 e. The van der Waals surface area contributed by atoms with Gasteiger partial charge in [-0.3, -0.25) is 0 Å². The summed E-state index contributed by atoms with van der Waals surface area (Å²) in [5.41, 5.74) is 4.16. The van der Waals surface area contributed by atoms with Crippen molar-refractivity contribution in [1.82, 2.24) is 20.1 Å². The predicted octanol–water partition coefficient (Wildman–Crippen LogP) is 5.37. The quantitative estimate of drug-likeness (QED) is 0.439. The molecule has 1 N–H and O–H groups in total. The number of thioether (sulfide) groups is 1. The number of rotatable bonds is 7. The summed E-state index contributed by atoms with van der Waals surface area (Å²) in [6.45, 7) is 2.10. The van der Waals surface area contributed by atoms with Gasteiger partial charge in [-0.05, 0) is 6.42 Å². The van der Waals surface area contributed by atoms with Gasteiger partial charge in [0.25, 0.3) is 0 Å². The number of nitrogens with zero attached hydrogens (tertiary/aromatic N) is 3. The zero-order valence-corrected chi connectivity index (χ0v) is 15.9. The van der Waals surface area contributed by atoms with Crippen molar-refractivity contribution in [2.24, 2.45) is 0 Å². The van der Waals surface area contributed by atoms with Gasteiger partial charge in [0.05, 0.1) is 17.1 Å². The zero-order chi connectivity index (χ0) is 18.5. The first-order chi connectivity index (χ1) is 13.3. The van der Waals surface area contributed by atoms with Crippen molar-refractivity contribution in [2.45, 2.75) is 30.7 Å². The van der Waals surface area contributed by atoms with Crippen LogP contribution in [0.25, 0.3) is 22.5 Å². The highest BCUT2D eigenvalue weighted by molar-refractivity contribution is 7.98. The van der Waals surface area contributed by atoms with Gasteiger partial charge in [0.2, 0.25) is 5.89 Å². The lowest BCUT2D eigenvalue weighted by Gasteiger charge is -2.02. The van der Waals surface area contributed by atoms with Gasteiger partial charge in [-0.15, -0.1) is 0 Å². The molecule has 0 atom stereocenters. The van der Waals surface area contributed by atoms with E-state index in [0.29, 0.717) is 11.6 Å². The average molecular weight is 376 g/mol. The summed E-state index contributed by atoms with van der Waals surface area (Å²) in [6.07, 6.45) is 1.84. The molecule has 0 aliphatic rings. The van der Waals surface area contributed by atoms with Gasteiger partial charge in [-0.25, -0.2) is 4.98 Å². The van der Waals surface area contributed by atoms with Gasteiger partial charge in [0, 0.05) is 17.5 Å². The molecule has 6 heteroatoms. The monoisotopic (exact) mass is 376 g/mol. The number of aromatic amines is 1. The van der Waals surface area contributed by atoms with Gasteiger partial charge in [0.15, 0.2) is 11.0 Å². The van der Waals surface area contributed by atoms with Crippen molar-refractivity contribution in [1.29, 1.82) is 0 Å². The molecule has 2 heterocycles. The molecule has 0 fully saturated rings. The highest BCUT2D eigenvalue weighted by Crippen LogP contribution is 2.33. The van der Waals surface area contributed by atoms with Gasteiger partial charge < -0.3 is 9.51 Å². The molecule has 0 spiro atoms. The third kappa shape index (κ3) is 4.11. The SMILES string of the molecule is CCCc1noc(CSc2nc(-c3ccccc3)c(-c3ccccc3)[nH]2)n1. The van der Waals surface area contributed by atoms with E-state index in [0.717, 1.165) is 46.3 Å². The first-order valence-electron chi connectivity index (χ1n) is 8.98. The Morgan fingerprint density at radius 3 is 2.33 bits per heavy atom. The minimum atomic E-state index is 0.590. The molecule has 0 radical (unpaired) electrons. The number of hydrogen-bond donors (Lipinski definition) is 1. The average Bonchev–Trinajstić information content (AvgIpc) is 3.35. The molecule has 0 saturated heterocycles. The fourth-order valence-corrected chi connectivity index (χ4v) is 3.55. The Morgan fingerprint density at radius 1 is 0.926 bits per heavy atom. The second kappa shape index (κ2) is 8.22. The summed E-state index contributed by atoms with van der Waals surface area (Å²) >= 11 is 1.57. The van der Waals surface area contributed by atoms with E-state index in [1.807, 2.05) is 36.4 Å². The number of aryl methyl sites for hydroxylation is 1. The van der Waals surface area contributed by atoms with Crippen molar-refractivity contribution in [2.75, 3.05) is 0 Å². The third-order valence-electron chi connectivity index (χ3n) is 4.11. The van der Waals surface area contributed by atoms with E-state index < -0.39 is 0 Å². The van der Waals surface area contributed by atoms with Crippen molar-refractivity contribution in [3.63, 3.8) is 0 Å². The smallest absolute Gasteiger partial charge is 0.237 e. The maximum absolute atomic E-state index is 5.32. The molecule has 0 saturated carbocycles. The first-order valence-corrected chi connectivity index (χ1v) is 9.97. The summed E-state index contributed by atoms with van der Waals surface area (Å²) in [6, 6.07) is 20.5. The summed E-state index contributed by atoms with van der Waals surface area (Å²) in [5.74, 6) is 1.98. The molecule has 2 aromatic heterocycles. The lowest BCUT2D eigenvalue weighted by atomic mass is 10.1. The van der Waals surface area contributed by atoms with Crippen LogP contribution in [0.15, 0.2) is 70.3 Å². The van der Waals surface area contributed by atoms with Crippen LogP contribution in [-0.2, 0) is 12.2 Å². The molecule has 0 bridgehead atoms. The van der Waals surface area contributed by atoms with Crippen LogP contribution in [0.3, 0.4) is 0 Å². The molecule has 2 aromatic carbocycles. The van der Waals surface area contributed by atoms with Crippen molar-refractivity contribution >= 4 is 11.8 Å². The van der Waals surface area contributed by atoms with Gasteiger partial charge >= 0.3 is 0 Å². The zero-order valence-electron chi connectivity index (χ0n) is 15.1. The number of aromatic nitrogens is 4. The maximum atomic E-state index is 5.32. The summed E-state index contributed by atoms with van der Waals surface area (Å²) in [5, 5.41) is 4.84. The van der Waals surface area contributed by atoms with E-state index in [9.17, 15) is 0 Å². The molecule has 4 rings (SSSR count). The fraction of sp³-hybridized carbons (Fsp3) is 0.190. The highest BCUT2D eigenvalue weighted by atomic mass is 32.2. The Kier molecular flexibility index (Phi) is 5.34. The molecular weight excluding hydrogens is 356 g/mol. The molecular formula is C21H20N4OS. The molecule has 0 amide bonds. The van der Waals surface area contributed by atoms with Gasteiger partial charge in [0.1, 0.15) is 0 Å². The van der Waals surface area contributed by atoms with Crippen LogP contribution in [0, 0.1) is 0 Å². The van der Waals surface area contributed by atoms with Crippen molar-refractivity contribution in [3.05, 3.63) is 72.4 Å². The Hall–Kier alpha value is -2.86. The topological polar surface area (TPSA) is 67.6 Å². The van der Waals surface area contributed by atoms with Crippen molar-refractivity contribution < 1.29 is 4.52 Å². The summed E-state index contributed by atoms with van der Waals surface area (Å²) in [4.78, 5) is 12.7. The third-order valence-corrected chi connectivity index (χ3v) is 4.97. The molecule has 27 heavy (non-hydrogen) atoms. The number of H-pyrrole nitrogens is 1. The van der Waals surface area contributed by atoms with E-state index in [1.165, 1.54) is 0 Å². The number of imidazole rings is 1. The Bertz CT molecular complexity index is 938. The first kappa shape index (κ1) is 17.5. The van der Waals surface area contributed by atoms with E-state index in [4.69, 9.17) is 9.51 Å². The Balaban J connectivity index is 1.61. The minimum absolute atomic E-state index is 0.590. The van der Waals surface area contributed by atoms with Crippen molar-refractivity contribution in [3.8, 4) is 22.5 Å². The van der Waals surface area contributed by atoms with Gasteiger partial charge in [-0.2, -0.15) is 4.98 Å². The van der Waals surface area contributed by atoms with Crippen LogP contribution in [0.1, 0.15) is 25.1 Å². The molecule has 4 aromatic rings. The van der Waals surface area contributed by atoms with Crippen LogP contribution in [0.4, 0.5) is 0 Å². The molecule has 136 valence electrons. The molecule has 0 unspecified atom stereocenters. The van der Waals surface area contributed by atoms with Crippen LogP contribution in [0.5, 0.6) is 0 Å². The maximum Gasteiger partial charge on any atom is 0.237 e. The molecule has 0 aliphatic heterocycles. The Labute approximate surface area is 162 Å². The Morgan fingerprint density at radius 2 is 1.63 bits per heavy atom. The molecule has 0 aliphatic carbocycles. The lowest BCUT2D eigenvalue weighted by molar-refractivity contribution is 0.384. The fourth-order valence-electron chi connectivity index (χ4n) is 2.84. The summed E-state index contributed by atoms with van der Waals surface area (Å²) in [7, 11) is 0. The van der Waals surface area contributed by atoms with Crippen LogP contribution < -0.4 is 0 Å². The van der Waals surface area contributed by atoms with Crippen LogP contribution >= 0.6 is 11.8 Å². The predicted molar refractivity (Wildman–Crippen MR) is 107 cm³/mol. The highest BCUT2D eigenvalue weighted by Gasteiger charge is 2.15. The van der Waals surface area contributed by atoms with E-state index in [1.54, 1.807) is 11.8 Å².